The van der Waals surface area contributed by atoms with E-state index in [9.17, 15) is 4.79 Å². The molecule has 3 aromatic rings. The van der Waals surface area contributed by atoms with Gasteiger partial charge in [-0.2, -0.15) is 0 Å². The van der Waals surface area contributed by atoms with E-state index in [1.54, 1.807) is 0 Å². The molecular formula is C34H35N3O2. The number of carbonyl (C=O) groups excluding carboxylic acids is 2. The maximum Gasteiger partial charge on any atom is 0.250 e. The van der Waals surface area contributed by atoms with Crippen LogP contribution in [0.1, 0.15) is 53.0 Å². The number of piperidine rings is 2. The third-order valence-corrected chi connectivity index (χ3v) is 9.71. The van der Waals surface area contributed by atoms with Crippen molar-refractivity contribution in [3.05, 3.63) is 106 Å². The van der Waals surface area contributed by atoms with Crippen LogP contribution in [0, 0.1) is 19.3 Å². The van der Waals surface area contributed by atoms with Gasteiger partial charge >= 0.3 is 0 Å². The Morgan fingerprint density at radius 1 is 0.897 bits per heavy atom. The van der Waals surface area contributed by atoms with Gasteiger partial charge < -0.3 is 10.6 Å². The van der Waals surface area contributed by atoms with Gasteiger partial charge in [-0.05, 0) is 56.5 Å². The van der Waals surface area contributed by atoms with Crippen LogP contribution in [0.15, 0.2) is 78.4 Å². The third-order valence-electron chi connectivity index (χ3n) is 9.71. The lowest BCUT2D eigenvalue weighted by atomic mass is 9.55. The fraction of sp³-hybridized carbons (Fsp3) is 0.353. The molecule has 0 aliphatic carbocycles. The minimum absolute atomic E-state index is 0.0584. The van der Waals surface area contributed by atoms with E-state index in [2.05, 4.69) is 84.0 Å². The number of para-hydroxylation sites is 1. The summed E-state index contributed by atoms with van der Waals surface area (Å²) in [7, 11) is 0. The number of aryl methyl sites for hydroxylation is 2. The highest BCUT2D eigenvalue weighted by Crippen LogP contribution is 2.67. The van der Waals surface area contributed by atoms with Gasteiger partial charge in [0.1, 0.15) is 5.54 Å². The molecule has 5 heteroatoms. The average molecular weight is 518 g/mol. The Labute approximate surface area is 230 Å². The molecule has 3 saturated heterocycles. The summed E-state index contributed by atoms with van der Waals surface area (Å²) >= 11 is 0. The lowest BCUT2D eigenvalue weighted by molar-refractivity contribution is -0.145. The molecule has 0 aromatic heterocycles. The predicted octanol–water partition coefficient (Wildman–Crippen LogP) is 5.35. The van der Waals surface area contributed by atoms with Crippen LogP contribution < -0.4 is 10.6 Å². The summed E-state index contributed by atoms with van der Waals surface area (Å²) in [5.41, 5.74) is 5.02. The number of amides is 1. The third kappa shape index (κ3) is 3.33. The van der Waals surface area contributed by atoms with Crippen molar-refractivity contribution in [3.8, 4) is 0 Å². The maximum absolute atomic E-state index is 15.2. The first kappa shape index (κ1) is 24.5. The van der Waals surface area contributed by atoms with Crippen molar-refractivity contribution in [3.63, 3.8) is 0 Å². The van der Waals surface area contributed by atoms with E-state index < -0.39 is 11.0 Å². The molecule has 5 nitrogen and oxygen atoms in total. The molecule has 4 heterocycles. The van der Waals surface area contributed by atoms with Crippen LogP contribution in [0.2, 0.25) is 0 Å². The van der Waals surface area contributed by atoms with Crippen LogP contribution in [0.25, 0.3) is 6.08 Å². The number of hydrogen-bond acceptors (Lipinski definition) is 4. The summed E-state index contributed by atoms with van der Waals surface area (Å²) in [6.45, 7) is 5.93. The van der Waals surface area contributed by atoms with Gasteiger partial charge in [0.05, 0.1) is 5.41 Å². The van der Waals surface area contributed by atoms with Crippen molar-refractivity contribution in [2.75, 3.05) is 25.0 Å². The zero-order valence-electron chi connectivity index (χ0n) is 22.7. The molecule has 39 heavy (non-hydrogen) atoms. The number of Topliss-reactive ketones (excluding diaryl/α,β-unsaturated/α-hetero) is 1. The number of rotatable bonds is 2. The molecule has 198 valence electrons. The molecule has 0 bridgehead atoms. The van der Waals surface area contributed by atoms with Gasteiger partial charge in [0.25, 0.3) is 5.91 Å². The van der Waals surface area contributed by atoms with Crippen LogP contribution in [-0.4, -0.2) is 42.3 Å². The van der Waals surface area contributed by atoms with Gasteiger partial charge in [-0.25, -0.2) is 0 Å². The fourth-order valence-corrected chi connectivity index (χ4v) is 8.15. The standard InChI is InChI=1S/C34H35N3O2/c1-22-10-14-24(15-11-22)19-26-20-35-21-33(31(26)38)30(25-16-12-23(2)13-17-25)29-9-5-6-18-37(29)34(33)27-7-3-4-8-28(27)36-32(34)39/h3-4,7-8,10-17,19,29-30,35H,5-6,9,18,20-21H2,1-2H3,(H,36,39)/b26-19+/t29-,30-,33?,34-/m0/s1. The van der Waals surface area contributed by atoms with Crippen molar-refractivity contribution in [2.24, 2.45) is 5.41 Å². The van der Waals surface area contributed by atoms with Gasteiger partial charge in [0, 0.05) is 41.9 Å². The van der Waals surface area contributed by atoms with Gasteiger partial charge in [-0.15, -0.1) is 0 Å². The first-order chi connectivity index (χ1) is 19.0. The monoisotopic (exact) mass is 517 g/mol. The van der Waals surface area contributed by atoms with E-state index >= 15 is 4.79 Å². The van der Waals surface area contributed by atoms with Crippen LogP contribution >= 0.6 is 0 Å². The molecule has 2 spiro atoms. The molecule has 3 aromatic carbocycles. The summed E-state index contributed by atoms with van der Waals surface area (Å²) in [6, 6.07) is 25.1. The van der Waals surface area contributed by atoms with Crippen molar-refractivity contribution in [2.45, 2.75) is 50.6 Å². The highest BCUT2D eigenvalue weighted by molar-refractivity contribution is 6.16. The number of carbonyl (C=O) groups is 2. The number of anilines is 1. The number of nitrogens with zero attached hydrogens (tertiary/aromatic N) is 1. The molecule has 7 rings (SSSR count). The molecule has 1 amide bonds. The Balaban J connectivity index is 1.51. The Morgan fingerprint density at radius 2 is 1.62 bits per heavy atom. The molecule has 0 saturated carbocycles. The summed E-state index contributed by atoms with van der Waals surface area (Å²) in [5, 5.41) is 6.88. The van der Waals surface area contributed by atoms with Crippen LogP contribution in [0.3, 0.4) is 0 Å². The molecule has 3 fully saturated rings. The SMILES string of the molecule is Cc1ccc(/C=C2\CNCC3(C2=O)[C@@H](c2ccc(C)cc2)[C@@H]2CCCCN2[C@@]32C(=O)Nc3ccccc32)cc1. The summed E-state index contributed by atoms with van der Waals surface area (Å²) in [5.74, 6) is -0.0670. The number of fused-ring (bicyclic) bond motifs is 5. The largest absolute Gasteiger partial charge is 0.324 e. The second-order valence-electron chi connectivity index (χ2n) is 11.8. The maximum atomic E-state index is 15.2. The van der Waals surface area contributed by atoms with E-state index in [1.165, 1.54) is 11.1 Å². The number of benzene rings is 3. The van der Waals surface area contributed by atoms with Crippen molar-refractivity contribution in [1.82, 2.24) is 10.2 Å². The smallest absolute Gasteiger partial charge is 0.250 e. The first-order valence-electron chi connectivity index (χ1n) is 14.2. The van der Waals surface area contributed by atoms with E-state index in [1.807, 2.05) is 24.3 Å². The Kier molecular flexibility index (Phi) is 5.66. The van der Waals surface area contributed by atoms with E-state index in [0.29, 0.717) is 13.1 Å². The predicted molar refractivity (Wildman–Crippen MR) is 154 cm³/mol. The van der Waals surface area contributed by atoms with Crippen molar-refractivity contribution in [1.29, 1.82) is 0 Å². The van der Waals surface area contributed by atoms with Gasteiger partial charge in [0.2, 0.25) is 0 Å². The molecular weight excluding hydrogens is 482 g/mol. The molecule has 4 aliphatic rings. The summed E-state index contributed by atoms with van der Waals surface area (Å²) in [6.07, 6.45) is 5.14. The van der Waals surface area contributed by atoms with Crippen LogP contribution in [0.4, 0.5) is 5.69 Å². The topological polar surface area (TPSA) is 61.4 Å². The minimum atomic E-state index is -1.07. The zero-order valence-corrected chi connectivity index (χ0v) is 22.7. The lowest BCUT2D eigenvalue weighted by Gasteiger charge is -2.49. The van der Waals surface area contributed by atoms with Crippen molar-refractivity contribution >= 4 is 23.5 Å². The Morgan fingerprint density at radius 3 is 2.38 bits per heavy atom. The first-order valence-corrected chi connectivity index (χ1v) is 14.2. The number of nitrogens with one attached hydrogen (secondary N) is 2. The Bertz CT molecular complexity index is 1490. The fourth-order valence-electron chi connectivity index (χ4n) is 8.15. The normalized spacial score (nSPS) is 31.1. The summed E-state index contributed by atoms with van der Waals surface area (Å²) < 4.78 is 0. The molecule has 1 unspecified atom stereocenters. The highest BCUT2D eigenvalue weighted by Gasteiger charge is 2.77. The lowest BCUT2D eigenvalue weighted by Crippen LogP contribution is -2.65. The highest BCUT2D eigenvalue weighted by atomic mass is 16.2. The van der Waals surface area contributed by atoms with Crippen molar-refractivity contribution < 1.29 is 9.59 Å². The molecule has 0 radical (unpaired) electrons. The second-order valence-corrected chi connectivity index (χ2v) is 11.8. The van der Waals surface area contributed by atoms with E-state index in [-0.39, 0.29) is 23.7 Å². The molecule has 2 N–H and O–H groups in total. The van der Waals surface area contributed by atoms with Gasteiger partial charge in [-0.3, -0.25) is 14.5 Å². The average Bonchev–Trinajstić information content (AvgIpc) is 3.39. The summed E-state index contributed by atoms with van der Waals surface area (Å²) in [4.78, 5) is 32.2. The van der Waals surface area contributed by atoms with Gasteiger partial charge in [-0.1, -0.05) is 84.3 Å². The Hall–Kier alpha value is -3.54. The second kappa shape index (κ2) is 9.00. The van der Waals surface area contributed by atoms with Crippen LogP contribution in [-0.2, 0) is 15.1 Å². The van der Waals surface area contributed by atoms with Crippen LogP contribution in [0.5, 0.6) is 0 Å². The minimum Gasteiger partial charge on any atom is -0.324 e. The zero-order chi connectivity index (χ0) is 26.8. The quantitative estimate of drug-likeness (QED) is 0.450. The van der Waals surface area contributed by atoms with E-state index in [4.69, 9.17) is 0 Å². The number of hydrogen-bond donors (Lipinski definition) is 2. The van der Waals surface area contributed by atoms with Gasteiger partial charge in [0.15, 0.2) is 5.78 Å². The molecule has 4 atom stereocenters. The van der Waals surface area contributed by atoms with E-state index in [0.717, 1.165) is 53.8 Å². The molecule has 4 aliphatic heterocycles. The number of ketones is 1.